The fourth-order valence-electron chi connectivity index (χ4n) is 2.86. The van der Waals surface area contributed by atoms with Gasteiger partial charge < -0.3 is 9.64 Å². The van der Waals surface area contributed by atoms with Gasteiger partial charge in [0.15, 0.2) is 6.10 Å². The van der Waals surface area contributed by atoms with Gasteiger partial charge in [-0.2, -0.15) is 0 Å². The molecule has 5 nitrogen and oxygen atoms in total. The molecule has 0 saturated carbocycles. The lowest BCUT2D eigenvalue weighted by Gasteiger charge is -2.28. The number of ketones is 1. The summed E-state index contributed by atoms with van der Waals surface area (Å²) in [5.74, 6) is -0.408. The van der Waals surface area contributed by atoms with E-state index in [9.17, 15) is 14.4 Å². The highest BCUT2D eigenvalue weighted by Crippen LogP contribution is 2.34. The van der Waals surface area contributed by atoms with Crippen molar-refractivity contribution in [3.63, 3.8) is 0 Å². The summed E-state index contributed by atoms with van der Waals surface area (Å²) < 4.78 is 5.28. The van der Waals surface area contributed by atoms with Crippen LogP contribution in [0.25, 0.3) is 0 Å². The number of carbonyl (C=O) groups excluding carboxylic acids is 3. The number of ether oxygens (including phenoxy) is 1. The molecule has 2 aromatic rings. The van der Waals surface area contributed by atoms with Crippen LogP contribution < -0.4 is 4.90 Å². The summed E-state index contributed by atoms with van der Waals surface area (Å²) in [5.41, 5.74) is 2.38. The molecule has 0 bridgehead atoms. The van der Waals surface area contributed by atoms with Gasteiger partial charge in [0, 0.05) is 17.0 Å². The van der Waals surface area contributed by atoms with Crippen molar-refractivity contribution in [2.45, 2.75) is 31.3 Å². The second-order valence-corrected chi connectivity index (χ2v) is 7.43. The number of anilines is 1. The first-order valence-corrected chi connectivity index (χ1v) is 9.77. The minimum atomic E-state index is -0.861. The first kappa shape index (κ1) is 19.2. The van der Waals surface area contributed by atoms with E-state index in [1.165, 1.54) is 11.8 Å². The van der Waals surface area contributed by atoms with Crippen molar-refractivity contribution in [2.24, 2.45) is 0 Å². The summed E-state index contributed by atoms with van der Waals surface area (Å²) in [6.45, 7) is 3.75. The van der Waals surface area contributed by atoms with E-state index < -0.39 is 12.1 Å². The molecule has 6 heteroatoms. The van der Waals surface area contributed by atoms with Crippen LogP contribution in [0.5, 0.6) is 0 Å². The molecule has 1 aliphatic rings. The lowest BCUT2D eigenvalue weighted by atomic mass is 10.1. The van der Waals surface area contributed by atoms with E-state index in [0.717, 1.165) is 16.1 Å². The van der Waals surface area contributed by atoms with Crippen LogP contribution in [0.2, 0.25) is 0 Å². The second kappa shape index (κ2) is 8.39. The van der Waals surface area contributed by atoms with E-state index in [-0.39, 0.29) is 24.7 Å². The van der Waals surface area contributed by atoms with Gasteiger partial charge in [0.2, 0.25) is 11.7 Å². The van der Waals surface area contributed by atoms with Gasteiger partial charge in [0.25, 0.3) is 0 Å². The molecule has 0 unspecified atom stereocenters. The maximum Gasteiger partial charge on any atom is 0.308 e. The van der Waals surface area contributed by atoms with Crippen LogP contribution in [0.3, 0.4) is 0 Å². The van der Waals surface area contributed by atoms with Crippen molar-refractivity contribution in [1.29, 1.82) is 0 Å². The number of hydrogen-bond donors (Lipinski definition) is 0. The summed E-state index contributed by atoms with van der Waals surface area (Å²) in [7, 11) is 0. The molecule has 0 aliphatic carbocycles. The Morgan fingerprint density at radius 1 is 1.15 bits per heavy atom. The van der Waals surface area contributed by atoms with Crippen molar-refractivity contribution in [1.82, 2.24) is 0 Å². The van der Waals surface area contributed by atoms with Crippen LogP contribution in [0.4, 0.5) is 5.69 Å². The number of rotatable bonds is 6. The molecule has 0 radical (unpaired) electrons. The Morgan fingerprint density at radius 3 is 2.59 bits per heavy atom. The predicted octanol–water partition coefficient (Wildman–Crippen LogP) is 3.64. The van der Waals surface area contributed by atoms with Gasteiger partial charge in [0.1, 0.15) is 0 Å². The molecule has 1 amide bonds. The molecule has 0 N–H and O–H groups in total. The van der Waals surface area contributed by atoms with Gasteiger partial charge in [-0.05, 0) is 26.0 Å². The van der Waals surface area contributed by atoms with E-state index >= 15 is 0 Å². The van der Waals surface area contributed by atoms with Crippen molar-refractivity contribution in [3.8, 4) is 0 Å². The summed E-state index contributed by atoms with van der Waals surface area (Å²) in [6.07, 6.45) is -0.823. The molecule has 0 fully saturated rings. The molecule has 0 aromatic heterocycles. The minimum absolute atomic E-state index is 0.0321. The smallest absolute Gasteiger partial charge is 0.308 e. The number of Topliss-reactive ketones (excluding diaryl/α,β-unsaturated/α-hetero) is 1. The van der Waals surface area contributed by atoms with Gasteiger partial charge in [-0.25, -0.2) is 0 Å². The lowest BCUT2D eigenvalue weighted by molar-refractivity contribution is -0.146. The predicted molar refractivity (Wildman–Crippen MR) is 105 cm³/mol. The first-order chi connectivity index (χ1) is 13.0. The molecule has 0 saturated heterocycles. The number of esters is 1. The van der Waals surface area contributed by atoms with Gasteiger partial charge in [-0.15, -0.1) is 11.8 Å². The number of thioether (sulfide) groups is 1. The number of nitrogens with zero attached hydrogens (tertiary/aromatic N) is 1. The highest BCUT2D eigenvalue weighted by Gasteiger charge is 2.26. The van der Waals surface area contributed by atoms with E-state index in [1.807, 2.05) is 43.3 Å². The Bertz CT molecular complexity index is 863. The molecule has 140 valence electrons. The summed E-state index contributed by atoms with van der Waals surface area (Å²) in [6, 6.07) is 14.8. The van der Waals surface area contributed by atoms with Gasteiger partial charge in [-0.3, -0.25) is 14.4 Å². The Balaban J connectivity index is 1.57. The van der Waals surface area contributed by atoms with Gasteiger partial charge >= 0.3 is 5.97 Å². The second-order valence-electron chi connectivity index (χ2n) is 6.41. The number of para-hydroxylation sites is 1. The van der Waals surface area contributed by atoms with E-state index in [0.29, 0.717) is 11.3 Å². The summed E-state index contributed by atoms with van der Waals surface area (Å²) in [4.78, 5) is 39.4. The van der Waals surface area contributed by atoms with Crippen LogP contribution in [0.1, 0.15) is 29.3 Å². The average Bonchev–Trinajstić information content (AvgIpc) is 2.67. The summed E-state index contributed by atoms with van der Waals surface area (Å²) in [5, 5.41) is 0. The minimum Gasteiger partial charge on any atom is -0.454 e. The van der Waals surface area contributed by atoms with Crippen molar-refractivity contribution in [2.75, 3.05) is 17.2 Å². The number of carbonyl (C=O) groups is 3. The summed E-state index contributed by atoms with van der Waals surface area (Å²) >= 11 is 1.50. The first-order valence-electron chi connectivity index (χ1n) is 8.78. The Morgan fingerprint density at radius 2 is 1.85 bits per heavy atom. The largest absolute Gasteiger partial charge is 0.454 e. The SMILES string of the molecule is Cc1ccc(C(=O)[C@@H](C)OC(=O)CCN2C(=O)CSc3ccccc32)cc1. The van der Waals surface area contributed by atoms with Gasteiger partial charge in [0.05, 0.1) is 17.9 Å². The molecular formula is C21H21NO4S. The number of amides is 1. The molecule has 1 atom stereocenters. The zero-order valence-electron chi connectivity index (χ0n) is 15.3. The zero-order chi connectivity index (χ0) is 19.4. The van der Waals surface area contributed by atoms with Crippen LogP contribution in [-0.2, 0) is 14.3 Å². The number of aryl methyl sites for hydroxylation is 1. The van der Waals surface area contributed by atoms with Crippen molar-refractivity contribution in [3.05, 3.63) is 59.7 Å². The molecule has 2 aromatic carbocycles. The maximum absolute atomic E-state index is 12.4. The Hall–Kier alpha value is -2.60. The third kappa shape index (κ3) is 4.57. The quantitative estimate of drug-likeness (QED) is 0.563. The molecule has 0 spiro atoms. The van der Waals surface area contributed by atoms with Crippen molar-refractivity contribution >= 4 is 35.1 Å². The molecular weight excluding hydrogens is 362 g/mol. The third-order valence-corrected chi connectivity index (χ3v) is 5.41. The van der Waals surface area contributed by atoms with Crippen LogP contribution in [-0.4, -0.2) is 36.1 Å². The molecule has 27 heavy (non-hydrogen) atoms. The van der Waals surface area contributed by atoms with E-state index in [1.54, 1.807) is 24.0 Å². The van der Waals surface area contributed by atoms with Gasteiger partial charge in [-0.1, -0.05) is 42.0 Å². The standard InChI is InChI=1S/C21H21NO4S/c1-14-7-9-16(10-8-14)21(25)15(2)26-20(24)11-12-22-17-5-3-4-6-18(17)27-13-19(22)23/h3-10,15H,11-13H2,1-2H3/t15-/m1/s1. The Labute approximate surface area is 162 Å². The zero-order valence-corrected chi connectivity index (χ0v) is 16.1. The lowest BCUT2D eigenvalue weighted by Crippen LogP contribution is -2.37. The normalized spacial score (nSPS) is 14.4. The highest BCUT2D eigenvalue weighted by atomic mass is 32.2. The third-order valence-electron chi connectivity index (χ3n) is 4.36. The van der Waals surface area contributed by atoms with Crippen molar-refractivity contribution < 1.29 is 19.1 Å². The highest BCUT2D eigenvalue weighted by molar-refractivity contribution is 8.00. The molecule has 3 rings (SSSR count). The Kier molecular flexibility index (Phi) is 5.96. The topological polar surface area (TPSA) is 63.7 Å². The fourth-order valence-corrected chi connectivity index (χ4v) is 3.80. The van der Waals surface area contributed by atoms with Crippen LogP contribution >= 0.6 is 11.8 Å². The fraction of sp³-hybridized carbons (Fsp3) is 0.286. The van der Waals surface area contributed by atoms with Crippen LogP contribution in [0, 0.1) is 6.92 Å². The average molecular weight is 383 g/mol. The maximum atomic E-state index is 12.4. The van der Waals surface area contributed by atoms with E-state index in [4.69, 9.17) is 4.74 Å². The number of fused-ring (bicyclic) bond motifs is 1. The number of benzene rings is 2. The number of hydrogen-bond acceptors (Lipinski definition) is 5. The van der Waals surface area contributed by atoms with E-state index in [2.05, 4.69) is 0 Å². The van der Waals surface area contributed by atoms with Crippen LogP contribution in [0.15, 0.2) is 53.4 Å². The molecule has 1 heterocycles. The molecule has 1 aliphatic heterocycles. The monoisotopic (exact) mass is 383 g/mol.